The monoisotopic (exact) mass is 546 g/mol. The number of hydrogen-bond donors (Lipinski definition) is 2. The van der Waals surface area contributed by atoms with Crippen LogP contribution in [0, 0.1) is 0 Å². The largest absolute Gasteiger partial charge is 0.490 e. The molecule has 0 radical (unpaired) electrons. The first-order valence-electron chi connectivity index (χ1n) is 10.8. The fraction of sp³-hybridized carbons (Fsp3) is 0.231. The molecule has 0 aliphatic rings. The van der Waals surface area contributed by atoms with E-state index in [1.165, 1.54) is 16.5 Å². The van der Waals surface area contributed by atoms with Crippen LogP contribution < -0.4 is 14.8 Å². The molecule has 1 heterocycles. The van der Waals surface area contributed by atoms with Gasteiger partial charge in [0.15, 0.2) is 11.5 Å². The van der Waals surface area contributed by atoms with Crippen molar-refractivity contribution < 1.29 is 9.47 Å². The summed E-state index contributed by atoms with van der Waals surface area (Å²) in [5, 5.41) is 5.99. The summed E-state index contributed by atoms with van der Waals surface area (Å²) in [6.45, 7) is 4.41. The molecule has 4 nitrogen and oxygen atoms in total. The summed E-state index contributed by atoms with van der Waals surface area (Å²) in [6, 6.07) is 17.7. The van der Waals surface area contributed by atoms with Gasteiger partial charge in [0.2, 0.25) is 0 Å². The lowest BCUT2D eigenvalue weighted by Gasteiger charge is -2.16. The molecule has 1 aromatic heterocycles. The summed E-state index contributed by atoms with van der Waals surface area (Å²) < 4.78 is 12.9. The molecule has 0 bridgehead atoms. The molecule has 0 aliphatic heterocycles. The molecule has 0 unspecified atom stereocenters. The third kappa shape index (κ3) is 6.04. The van der Waals surface area contributed by atoms with Gasteiger partial charge >= 0.3 is 0 Å². The second-order valence-corrected chi connectivity index (χ2v) is 9.33. The van der Waals surface area contributed by atoms with Gasteiger partial charge in [0.25, 0.3) is 0 Å². The molecule has 0 saturated heterocycles. The number of halogens is 3. The van der Waals surface area contributed by atoms with E-state index in [1.54, 1.807) is 12.1 Å². The normalized spacial score (nSPS) is 11.2. The number of fused-ring (bicyclic) bond motifs is 1. The highest BCUT2D eigenvalue weighted by Gasteiger charge is 2.12. The van der Waals surface area contributed by atoms with E-state index in [0.29, 0.717) is 41.3 Å². The average Bonchev–Trinajstić information content (AvgIpc) is 3.21. The highest BCUT2D eigenvalue weighted by molar-refractivity contribution is 9.10. The predicted molar refractivity (Wildman–Crippen MR) is 140 cm³/mol. The fourth-order valence-electron chi connectivity index (χ4n) is 3.67. The van der Waals surface area contributed by atoms with Crippen molar-refractivity contribution in [2.45, 2.75) is 26.5 Å². The Bertz CT molecular complexity index is 1240. The maximum Gasteiger partial charge on any atom is 0.162 e. The summed E-state index contributed by atoms with van der Waals surface area (Å²) in [5.41, 5.74) is 4.46. The summed E-state index contributed by atoms with van der Waals surface area (Å²) in [6.07, 6.45) is 3.04. The Morgan fingerprint density at radius 1 is 0.939 bits per heavy atom. The molecule has 172 valence electrons. The van der Waals surface area contributed by atoms with Gasteiger partial charge in [0.05, 0.1) is 6.61 Å². The zero-order chi connectivity index (χ0) is 23.2. The smallest absolute Gasteiger partial charge is 0.162 e. The van der Waals surface area contributed by atoms with Crippen LogP contribution >= 0.6 is 39.1 Å². The van der Waals surface area contributed by atoms with Crippen molar-refractivity contribution >= 4 is 50.0 Å². The molecule has 7 heteroatoms. The highest BCUT2D eigenvalue weighted by Crippen LogP contribution is 2.35. The van der Waals surface area contributed by atoms with Gasteiger partial charge in [-0.1, -0.05) is 63.4 Å². The van der Waals surface area contributed by atoms with E-state index in [1.807, 2.05) is 31.2 Å². The Balaban J connectivity index is 1.39. The number of hydrogen-bond acceptors (Lipinski definition) is 3. The minimum atomic E-state index is 0.324. The summed E-state index contributed by atoms with van der Waals surface area (Å²) in [5.74, 6) is 1.37. The third-order valence-electron chi connectivity index (χ3n) is 5.37. The van der Waals surface area contributed by atoms with Gasteiger partial charge in [-0.2, -0.15) is 0 Å². The molecule has 0 atom stereocenters. The van der Waals surface area contributed by atoms with E-state index in [9.17, 15) is 0 Å². The molecule has 0 amide bonds. The van der Waals surface area contributed by atoms with E-state index < -0.39 is 0 Å². The molecule has 0 aliphatic carbocycles. The van der Waals surface area contributed by atoms with Gasteiger partial charge < -0.3 is 19.8 Å². The van der Waals surface area contributed by atoms with Gasteiger partial charge in [-0.3, -0.25) is 0 Å². The van der Waals surface area contributed by atoms with Crippen molar-refractivity contribution in [2.75, 3.05) is 13.2 Å². The first kappa shape index (κ1) is 24.0. The zero-order valence-electron chi connectivity index (χ0n) is 18.3. The lowest BCUT2D eigenvalue weighted by molar-refractivity contribution is 0.269. The number of aromatic amines is 1. The number of para-hydroxylation sites is 1. The molecule has 0 fully saturated rings. The summed E-state index contributed by atoms with van der Waals surface area (Å²) in [7, 11) is 0. The summed E-state index contributed by atoms with van der Waals surface area (Å²) >= 11 is 15.9. The SMILES string of the molecule is CCOc1cc(CNCCc2c[nH]c3ccccc23)c(Br)cc1OCc1ccc(Cl)cc1Cl. The Morgan fingerprint density at radius 3 is 2.58 bits per heavy atom. The second kappa shape index (κ2) is 11.3. The van der Waals surface area contributed by atoms with Gasteiger partial charge in [0.1, 0.15) is 6.61 Å². The first-order valence-corrected chi connectivity index (χ1v) is 12.4. The number of benzene rings is 3. The molecule has 0 spiro atoms. The standard InChI is InChI=1S/C26H25BrCl2N2O2/c1-2-32-25-11-19(14-30-10-9-17-15-31-24-6-4-3-5-21(17)24)22(27)13-26(25)33-16-18-7-8-20(28)12-23(18)29/h3-8,11-13,15,30-31H,2,9-10,14,16H2,1H3. The highest BCUT2D eigenvalue weighted by atomic mass is 79.9. The number of aromatic nitrogens is 1. The lowest BCUT2D eigenvalue weighted by Crippen LogP contribution is -2.17. The van der Waals surface area contributed by atoms with Crippen LogP contribution in [0.4, 0.5) is 0 Å². The maximum absolute atomic E-state index is 6.28. The number of ether oxygens (including phenoxy) is 2. The molecule has 33 heavy (non-hydrogen) atoms. The van der Waals surface area contributed by atoms with Crippen molar-refractivity contribution in [2.24, 2.45) is 0 Å². The molecule has 2 N–H and O–H groups in total. The van der Waals surface area contributed by atoms with E-state index in [-0.39, 0.29) is 0 Å². The van der Waals surface area contributed by atoms with Gasteiger partial charge in [-0.15, -0.1) is 0 Å². The van der Waals surface area contributed by atoms with Crippen LogP contribution in [-0.4, -0.2) is 18.1 Å². The Labute approximate surface area is 212 Å². The number of nitrogens with one attached hydrogen (secondary N) is 2. The van der Waals surface area contributed by atoms with Gasteiger partial charge in [-0.05, 0) is 61.3 Å². The van der Waals surface area contributed by atoms with Crippen LogP contribution in [0.15, 0.2) is 65.3 Å². The maximum atomic E-state index is 6.28. The lowest BCUT2D eigenvalue weighted by atomic mass is 10.1. The van der Waals surface area contributed by atoms with Crippen LogP contribution in [0.3, 0.4) is 0 Å². The zero-order valence-corrected chi connectivity index (χ0v) is 21.4. The molecular weight excluding hydrogens is 523 g/mol. The van der Waals surface area contributed by atoms with Crippen molar-refractivity contribution in [3.05, 3.63) is 92.0 Å². The second-order valence-electron chi connectivity index (χ2n) is 7.63. The number of H-pyrrole nitrogens is 1. The van der Waals surface area contributed by atoms with Crippen LogP contribution in [0.5, 0.6) is 11.5 Å². The van der Waals surface area contributed by atoms with Crippen LogP contribution in [0.25, 0.3) is 10.9 Å². The molecule has 3 aromatic carbocycles. The number of rotatable bonds is 10. The first-order chi connectivity index (χ1) is 16.0. The molecule has 4 rings (SSSR count). The quantitative estimate of drug-likeness (QED) is 0.201. The van der Waals surface area contributed by atoms with Gasteiger partial charge in [0, 0.05) is 43.7 Å². The van der Waals surface area contributed by atoms with E-state index in [0.717, 1.165) is 28.6 Å². The van der Waals surface area contributed by atoms with Crippen molar-refractivity contribution in [3.8, 4) is 11.5 Å². The average molecular weight is 548 g/mol. The predicted octanol–water partition coefficient (Wildman–Crippen LogP) is 7.55. The van der Waals surface area contributed by atoms with Crippen LogP contribution in [0.2, 0.25) is 10.0 Å². The minimum absolute atomic E-state index is 0.324. The van der Waals surface area contributed by atoms with Crippen molar-refractivity contribution in [3.63, 3.8) is 0 Å². The van der Waals surface area contributed by atoms with E-state index >= 15 is 0 Å². The van der Waals surface area contributed by atoms with E-state index in [2.05, 4.69) is 50.6 Å². The Kier molecular flexibility index (Phi) is 8.20. The van der Waals surface area contributed by atoms with E-state index in [4.69, 9.17) is 32.7 Å². The summed E-state index contributed by atoms with van der Waals surface area (Å²) in [4.78, 5) is 3.33. The Hall–Kier alpha value is -2.18. The molecule has 0 saturated carbocycles. The van der Waals surface area contributed by atoms with Gasteiger partial charge in [-0.25, -0.2) is 0 Å². The minimum Gasteiger partial charge on any atom is -0.490 e. The Morgan fingerprint density at radius 2 is 1.76 bits per heavy atom. The van der Waals surface area contributed by atoms with Crippen LogP contribution in [0.1, 0.15) is 23.6 Å². The topological polar surface area (TPSA) is 46.3 Å². The van der Waals surface area contributed by atoms with Crippen molar-refractivity contribution in [1.29, 1.82) is 0 Å². The third-order valence-corrected chi connectivity index (χ3v) is 6.70. The molecule has 4 aromatic rings. The van der Waals surface area contributed by atoms with Crippen molar-refractivity contribution in [1.82, 2.24) is 10.3 Å². The fourth-order valence-corrected chi connectivity index (χ4v) is 4.60. The molecular formula is C26H25BrCl2N2O2. The van der Waals surface area contributed by atoms with Crippen LogP contribution in [-0.2, 0) is 19.6 Å².